The third kappa shape index (κ3) is 4.27. The smallest absolute Gasteiger partial charge is 0.270 e. The lowest BCUT2D eigenvalue weighted by Gasteiger charge is -2.10. The van der Waals surface area contributed by atoms with Crippen molar-refractivity contribution in [3.05, 3.63) is 62.6 Å². The molecule has 9 heteroatoms. The van der Waals surface area contributed by atoms with E-state index in [0.717, 1.165) is 5.56 Å². The molecular formula is C14H14BrN3O4S. The van der Waals surface area contributed by atoms with Crippen molar-refractivity contribution < 1.29 is 13.3 Å². The highest BCUT2D eigenvalue weighted by atomic mass is 79.9. The van der Waals surface area contributed by atoms with Crippen LogP contribution in [0.5, 0.6) is 0 Å². The molecule has 2 aromatic carbocycles. The highest BCUT2D eigenvalue weighted by Crippen LogP contribution is 2.27. The van der Waals surface area contributed by atoms with Crippen molar-refractivity contribution in [3.63, 3.8) is 0 Å². The van der Waals surface area contributed by atoms with Gasteiger partial charge in [-0.15, -0.1) is 0 Å². The molecule has 0 fully saturated rings. The Hall–Kier alpha value is -1.97. The molecule has 0 aliphatic rings. The van der Waals surface area contributed by atoms with Gasteiger partial charge in [0.15, 0.2) is 0 Å². The molecule has 0 aliphatic carbocycles. The summed E-state index contributed by atoms with van der Waals surface area (Å²) < 4.78 is 26.4. The standard InChI is InChI=1S/C14H14BrN3O4S/c1-16-23(21,22)12-4-2-3-10(7-12)9-17-14-6-5-11(18(19)20)8-13(14)15/h2-8,16-17H,9H2,1H3. The van der Waals surface area contributed by atoms with Gasteiger partial charge in [-0.1, -0.05) is 12.1 Å². The van der Waals surface area contributed by atoms with Crippen LogP contribution >= 0.6 is 15.9 Å². The Morgan fingerprint density at radius 3 is 2.57 bits per heavy atom. The molecule has 2 rings (SSSR count). The van der Waals surface area contributed by atoms with Crippen molar-refractivity contribution in [1.29, 1.82) is 0 Å². The molecule has 0 unspecified atom stereocenters. The van der Waals surface area contributed by atoms with Gasteiger partial charge < -0.3 is 5.32 Å². The highest BCUT2D eigenvalue weighted by Gasteiger charge is 2.12. The largest absolute Gasteiger partial charge is 0.380 e. The Balaban J connectivity index is 2.16. The maximum atomic E-state index is 11.8. The van der Waals surface area contributed by atoms with Crippen LogP contribution in [0.2, 0.25) is 0 Å². The summed E-state index contributed by atoms with van der Waals surface area (Å²) in [5.41, 5.74) is 1.44. The number of nitrogens with zero attached hydrogens (tertiary/aromatic N) is 1. The predicted molar refractivity (Wildman–Crippen MR) is 90.8 cm³/mol. The molecule has 0 bridgehead atoms. The lowest BCUT2D eigenvalue weighted by Crippen LogP contribution is -2.18. The Bertz CT molecular complexity index is 840. The molecule has 7 nitrogen and oxygen atoms in total. The van der Waals surface area contributed by atoms with Gasteiger partial charge in [-0.2, -0.15) is 0 Å². The SMILES string of the molecule is CNS(=O)(=O)c1cccc(CNc2ccc([N+](=O)[O-])cc2Br)c1. The molecule has 0 saturated carbocycles. The summed E-state index contributed by atoms with van der Waals surface area (Å²) in [7, 11) is -2.13. The zero-order valence-electron chi connectivity index (χ0n) is 12.1. The van der Waals surface area contributed by atoms with E-state index in [-0.39, 0.29) is 10.6 Å². The quantitative estimate of drug-likeness (QED) is 0.574. The van der Waals surface area contributed by atoms with Crippen LogP contribution in [0.4, 0.5) is 11.4 Å². The van der Waals surface area contributed by atoms with Crippen LogP contribution in [0, 0.1) is 10.1 Å². The minimum Gasteiger partial charge on any atom is -0.380 e. The van der Waals surface area contributed by atoms with Crippen LogP contribution in [0.1, 0.15) is 5.56 Å². The number of nitro groups is 1. The molecule has 0 spiro atoms. The lowest BCUT2D eigenvalue weighted by molar-refractivity contribution is -0.384. The Morgan fingerprint density at radius 2 is 1.96 bits per heavy atom. The molecule has 0 saturated heterocycles. The second-order valence-electron chi connectivity index (χ2n) is 4.63. The topological polar surface area (TPSA) is 101 Å². The highest BCUT2D eigenvalue weighted by molar-refractivity contribution is 9.10. The van der Waals surface area contributed by atoms with Crippen LogP contribution in [0.25, 0.3) is 0 Å². The number of hydrogen-bond donors (Lipinski definition) is 2. The zero-order valence-corrected chi connectivity index (χ0v) is 14.5. The minimum absolute atomic E-state index is 0.00969. The van der Waals surface area contributed by atoms with Gasteiger partial charge in [0.05, 0.1) is 9.82 Å². The molecule has 0 amide bonds. The summed E-state index contributed by atoms with van der Waals surface area (Å²) >= 11 is 3.27. The van der Waals surface area contributed by atoms with Crippen molar-refractivity contribution >= 4 is 37.3 Å². The van der Waals surface area contributed by atoms with Gasteiger partial charge in [0.1, 0.15) is 0 Å². The Morgan fingerprint density at radius 1 is 1.22 bits per heavy atom. The van der Waals surface area contributed by atoms with Gasteiger partial charge in [-0.05, 0) is 46.7 Å². The predicted octanol–water partition coefficient (Wildman–Crippen LogP) is 2.88. The number of anilines is 1. The van der Waals surface area contributed by atoms with E-state index in [1.807, 2.05) is 0 Å². The molecule has 0 atom stereocenters. The fourth-order valence-electron chi connectivity index (χ4n) is 1.90. The van der Waals surface area contributed by atoms with Crippen molar-refractivity contribution in [2.75, 3.05) is 12.4 Å². The van der Waals surface area contributed by atoms with Gasteiger partial charge in [0, 0.05) is 28.8 Å². The van der Waals surface area contributed by atoms with E-state index in [1.165, 1.54) is 25.2 Å². The molecular weight excluding hydrogens is 386 g/mol. The van der Waals surface area contributed by atoms with Crippen LogP contribution in [-0.4, -0.2) is 20.4 Å². The molecule has 0 aliphatic heterocycles. The van der Waals surface area contributed by atoms with Crippen molar-refractivity contribution in [1.82, 2.24) is 4.72 Å². The third-order valence-electron chi connectivity index (χ3n) is 3.12. The Labute approximate surface area is 142 Å². The van der Waals surface area contributed by atoms with Crippen molar-refractivity contribution in [2.24, 2.45) is 0 Å². The van der Waals surface area contributed by atoms with Crippen molar-refractivity contribution in [3.8, 4) is 0 Å². The fourth-order valence-corrected chi connectivity index (χ4v) is 3.21. The van der Waals surface area contributed by atoms with E-state index in [1.54, 1.807) is 24.3 Å². The van der Waals surface area contributed by atoms with E-state index in [0.29, 0.717) is 16.7 Å². The summed E-state index contributed by atoms with van der Waals surface area (Å²) in [5, 5.41) is 13.8. The molecule has 0 aromatic heterocycles. The second kappa shape index (κ2) is 7.07. The number of non-ortho nitro benzene ring substituents is 1. The normalized spacial score (nSPS) is 11.2. The first-order valence-electron chi connectivity index (χ1n) is 6.54. The van der Waals surface area contributed by atoms with Gasteiger partial charge in [0.25, 0.3) is 5.69 Å². The molecule has 2 aromatic rings. The first-order valence-corrected chi connectivity index (χ1v) is 8.81. The second-order valence-corrected chi connectivity index (χ2v) is 7.37. The summed E-state index contributed by atoms with van der Waals surface area (Å²) in [5.74, 6) is 0. The van der Waals surface area contributed by atoms with Gasteiger partial charge in [-0.3, -0.25) is 10.1 Å². The van der Waals surface area contributed by atoms with Crippen LogP contribution < -0.4 is 10.0 Å². The summed E-state index contributed by atoms with van der Waals surface area (Å²) in [4.78, 5) is 10.4. The van der Waals surface area contributed by atoms with Crippen molar-refractivity contribution in [2.45, 2.75) is 11.4 Å². The van der Waals surface area contributed by atoms with Crippen LogP contribution in [0.3, 0.4) is 0 Å². The lowest BCUT2D eigenvalue weighted by atomic mass is 10.2. The van der Waals surface area contributed by atoms with E-state index < -0.39 is 14.9 Å². The van der Waals surface area contributed by atoms with E-state index in [9.17, 15) is 18.5 Å². The maximum absolute atomic E-state index is 11.8. The number of benzene rings is 2. The molecule has 122 valence electrons. The molecule has 23 heavy (non-hydrogen) atoms. The van der Waals surface area contributed by atoms with E-state index in [2.05, 4.69) is 26.0 Å². The minimum atomic E-state index is -3.49. The van der Waals surface area contributed by atoms with E-state index in [4.69, 9.17) is 0 Å². The van der Waals surface area contributed by atoms with Crippen LogP contribution in [-0.2, 0) is 16.6 Å². The maximum Gasteiger partial charge on any atom is 0.270 e. The summed E-state index contributed by atoms with van der Waals surface area (Å²) in [6.45, 7) is 0.378. The number of halogens is 1. The molecule has 0 radical (unpaired) electrons. The number of sulfonamides is 1. The molecule has 2 N–H and O–H groups in total. The number of nitrogens with one attached hydrogen (secondary N) is 2. The monoisotopic (exact) mass is 399 g/mol. The fraction of sp³-hybridized carbons (Fsp3) is 0.143. The summed E-state index contributed by atoms with van der Waals surface area (Å²) in [6, 6.07) is 10.9. The first kappa shape index (κ1) is 17.4. The molecule has 0 heterocycles. The number of hydrogen-bond acceptors (Lipinski definition) is 5. The number of rotatable bonds is 6. The summed E-state index contributed by atoms with van der Waals surface area (Å²) in [6.07, 6.45) is 0. The van der Waals surface area contributed by atoms with Crippen LogP contribution in [0.15, 0.2) is 51.8 Å². The zero-order chi connectivity index (χ0) is 17.0. The average Bonchev–Trinajstić information content (AvgIpc) is 2.53. The Kier molecular flexibility index (Phi) is 5.34. The average molecular weight is 400 g/mol. The van der Waals surface area contributed by atoms with E-state index >= 15 is 0 Å². The third-order valence-corrected chi connectivity index (χ3v) is 5.19. The number of nitro benzene ring substituents is 1. The van der Waals surface area contributed by atoms with Gasteiger partial charge in [0.2, 0.25) is 10.0 Å². The first-order chi connectivity index (χ1) is 10.8. The van der Waals surface area contributed by atoms with Gasteiger partial charge >= 0.3 is 0 Å². The van der Waals surface area contributed by atoms with Gasteiger partial charge in [-0.25, -0.2) is 13.1 Å².